The van der Waals surface area contributed by atoms with Crippen LogP contribution in [0.15, 0.2) is 24.3 Å². The Bertz CT molecular complexity index is 505. The second-order valence-electron chi connectivity index (χ2n) is 5.39. The topological polar surface area (TPSA) is 58.2 Å². The van der Waals surface area contributed by atoms with Gasteiger partial charge in [-0.15, -0.1) is 0 Å². The van der Waals surface area contributed by atoms with Crippen LogP contribution in [0.25, 0.3) is 0 Å². The van der Waals surface area contributed by atoms with Crippen LogP contribution in [-0.4, -0.2) is 30.7 Å². The summed E-state index contributed by atoms with van der Waals surface area (Å²) in [5.74, 6) is 1.82. The molecule has 1 aromatic rings. The highest BCUT2D eigenvalue weighted by Crippen LogP contribution is 2.14. The summed E-state index contributed by atoms with van der Waals surface area (Å²) >= 11 is 1.88. The third kappa shape index (κ3) is 5.42. The van der Waals surface area contributed by atoms with E-state index in [2.05, 4.69) is 41.8 Å². The number of hydrogen-bond donors (Lipinski definition) is 2. The second-order valence-corrected chi connectivity index (χ2v) is 6.50. The lowest BCUT2D eigenvalue weighted by atomic mass is 10.1. The summed E-state index contributed by atoms with van der Waals surface area (Å²) in [5, 5.41) is 5.59. The Morgan fingerprint density at radius 1 is 1.48 bits per heavy atom. The van der Waals surface area contributed by atoms with E-state index in [1.165, 1.54) is 11.1 Å². The molecular formula is C16H22N2O2S. The van der Waals surface area contributed by atoms with Crippen molar-refractivity contribution in [2.75, 3.05) is 18.8 Å². The van der Waals surface area contributed by atoms with Gasteiger partial charge in [-0.1, -0.05) is 29.8 Å². The molecule has 0 radical (unpaired) electrons. The summed E-state index contributed by atoms with van der Waals surface area (Å²) in [7, 11) is 0. The highest BCUT2D eigenvalue weighted by molar-refractivity contribution is 7.98. The van der Waals surface area contributed by atoms with E-state index in [4.69, 9.17) is 0 Å². The molecule has 1 fully saturated rings. The van der Waals surface area contributed by atoms with Crippen molar-refractivity contribution < 1.29 is 9.59 Å². The number of aryl methyl sites for hydroxylation is 1. The quantitative estimate of drug-likeness (QED) is 0.756. The minimum Gasteiger partial charge on any atom is -0.356 e. The third-order valence-electron chi connectivity index (χ3n) is 3.46. The first-order chi connectivity index (χ1) is 10.1. The molecule has 2 rings (SSSR count). The number of amides is 2. The van der Waals surface area contributed by atoms with Gasteiger partial charge in [0.1, 0.15) is 0 Å². The maximum atomic E-state index is 11.8. The molecule has 1 aliphatic rings. The van der Waals surface area contributed by atoms with Gasteiger partial charge in [0.05, 0.1) is 5.92 Å². The Labute approximate surface area is 130 Å². The second kappa shape index (κ2) is 8.08. The lowest BCUT2D eigenvalue weighted by Gasteiger charge is -2.09. The van der Waals surface area contributed by atoms with Crippen LogP contribution < -0.4 is 10.6 Å². The van der Waals surface area contributed by atoms with Gasteiger partial charge >= 0.3 is 0 Å². The molecule has 1 aromatic carbocycles. The van der Waals surface area contributed by atoms with E-state index in [0.29, 0.717) is 19.5 Å². The summed E-state index contributed by atoms with van der Waals surface area (Å²) < 4.78 is 0. The highest BCUT2D eigenvalue weighted by Gasteiger charge is 2.27. The molecule has 0 aromatic heterocycles. The third-order valence-corrected chi connectivity index (χ3v) is 4.58. The molecular weight excluding hydrogens is 284 g/mol. The van der Waals surface area contributed by atoms with Gasteiger partial charge in [-0.05, 0) is 24.7 Å². The summed E-state index contributed by atoms with van der Waals surface area (Å²) in [6.07, 6.45) is 1.28. The average molecular weight is 306 g/mol. The minimum atomic E-state index is -0.183. The molecule has 114 valence electrons. The van der Waals surface area contributed by atoms with Crippen LogP contribution in [0, 0.1) is 12.8 Å². The van der Waals surface area contributed by atoms with Crippen molar-refractivity contribution in [2.45, 2.75) is 25.5 Å². The number of thioether (sulfide) groups is 1. The number of carbonyl (C=O) groups is 2. The summed E-state index contributed by atoms with van der Waals surface area (Å²) in [4.78, 5) is 22.8. The van der Waals surface area contributed by atoms with Crippen LogP contribution >= 0.6 is 11.8 Å². The van der Waals surface area contributed by atoms with Crippen molar-refractivity contribution >= 4 is 23.6 Å². The summed E-state index contributed by atoms with van der Waals surface area (Å²) in [6, 6.07) is 8.54. The van der Waals surface area contributed by atoms with Crippen molar-refractivity contribution in [3.63, 3.8) is 0 Å². The molecule has 1 aliphatic heterocycles. The average Bonchev–Trinajstić information content (AvgIpc) is 2.89. The Kier molecular flexibility index (Phi) is 6.11. The standard InChI is InChI=1S/C16H22N2O2S/c1-12-4-2-5-13(8-12)11-21-7-3-6-17-16(20)14-9-15(19)18-10-14/h2,4-5,8,14H,3,6-7,9-11H2,1H3,(H,17,20)(H,18,19). The summed E-state index contributed by atoms with van der Waals surface area (Å²) in [5.41, 5.74) is 2.64. The lowest BCUT2D eigenvalue weighted by Crippen LogP contribution is -2.32. The summed E-state index contributed by atoms with van der Waals surface area (Å²) in [6.45, 7) is 3.27. The van der Waals surface area contributed by atoms with E-state index in [1.54, 1.807) is 0 Å². The highest BCUT2D eigenvalue weighted by atomic mass is 32.2. The zero-order valence-electron chi connectivity index (χ0n) is 12.4. The van der Waals surface area contributed by atoms with Gasteiger partial charge < -0.3 is 10.6 Å². The number of nitrogens with one attached hydrogen (secondary N) is 2. The molecule has 0 aliphatic carbocycles. The van der Waals surface area contributed by atoms with E-state index < -0.39 is 0 Å². The zero-order chi connectivity index (χ0) is 15.1. The largest absolute Gasteiger partial charge is 0.356 e. The predicted octanol–water partition coefficient (Wildman–Crippen LogP) is 1.87. The number of carbonyl (C=O) groups excluding carboxylic acids is 2. The molecule has 0 spiro atoms. The fourth-order valence-electron chi connectivity index (χ4n) is 2.31. The van der Waals surface area contributed by atoms with Gasteiger partial charge in [0, 0.05) is 25.3 Å². The molecule has 0 saturated carbocycles. The van der Waals surface area contributed by atoms with Gasteiger partial charge in [-0.25, -0.2) is 0 Å². The zero-order valence-corrected chi connectivity index (χ0v) is 13.2. The molecule has 1 atom stereocenters. The molecule has 1 heterocycles. The van der Waals surface area contributed by atoms with Crippen molar-refractivity contribution in [3.8, 4) is 0 Å². The molecule has 5 heteroatoms. The Hall–Kier alpha value is -1.49. The molecule has 2 amide bonds. The fraction of sp³-hybridized carbons (Fsp3) is 0.500. The monoisotopic (exact) mass is 306 g/mol. The van der Waals surface area contributed by atoms with E-state index in [0.717, 1.165) is 17.9 Å². The van der Waals surface area contributed by atoms with Crippen LogP contribution in [0.1, 0.15) is 24.0 Å². The van der Waals surface area contributed by atoms with E-state index >= 15 is 0 Å². The van der Waals surface area contributed by atoms with Crippen LogP contribution in [0.4, 0.5) is 0 Å². The van der Waals surface area contributed by atoms with Crippen molar-refractivity contribution in [1.82, 2.24) is 10.6 Å². The van der Waals surface area contributed by atoms with Crippen LogP contribution in [0.5, 0.6) is 0 Å². The number of rotatable bonds is 7. The van der Waals surface area contributed by atoms with Crippen LogP contribution in [-0.2, 0) is 15.3 Å². The molecule has 21 heavy (non-hydrogen) atoms. The van der Waals surface area contributed by atoms with Gasteiger partial charge in [0.15, 0.2) is 0 Å². The van der Waals surface area contributed by atoms with Gasteiger partial charge in [0.25, 0.3) is 0 Å². The lowest BCUT2D eigenvalue weighted by molar-refractivity contribution is -0.126. The van der Waals surface area contributed by atoms with Gasteiger partial charge in [0.2, 0.25) is 11.8 Å². The van der Waals surface area contributed by atoms with Gasteiger partial charge in [-0.3, -0.25) is 9.59 Å². The van der Waals surface area contributed by atoms with Crippen molar-refractivity contribution in [1.29, 1.82) is 0 Å². The van der Waals surface area contributed by atoms with Crippen molar-refractivity contribution in [2.24, 2.45) is 5.92 Å². The molecule has 1 unspecified atom stereocenters. The Morgan fingerprint density at radius 2 is 2.33 bits per heavy atom. The first-order valence-corrected chi connectivity index (χ1v) is 8.48. The molecule has 1 saturated heterocycles. The van der Waals surface area contributed by atoms with E-state index in [1.807, 2.05) is 11.8 Å². The SMILES string of the molecule is Cc1cccc(CSCCCNC(=O)C2CNC(=O)C2)c1. The smallest absolute Gasteiger partial charge is 0.225 e. The van der Waals surface area contributed by atoms with Crippen molar-refractivity contribution in [3.05, 3.63) is 35.4 Å². The fourth-order valence-corrected chi connectivity index (χ4v) is 3.22. The molecule has 0 bridgehead atoms. The predicted molar refractivity (Wildman–Crippen MR) is 86.1 cm³/mol. The maximum Gasteiger partial charge on any atom is 0.225 e. The number of hydrogen-bond acceptors (Lipinski definition) is 3. The Balaban J connectivity index is 1.54. The first-order valence-electron chi connectivity index (χ1n) is 7.33. The Morgan fingerprint density at radius 3 is 3.05 bits per heavy atom. The minimum absolute atomic E-state index is 0.00275. The maximum absolute atomic E-state index is 11.8. The molecule has 2 N–H and O–H groups in total. The van der Waals surface area contributed by atoms with Crippen LogP contribution in [0.2, 0.25) is 0 Å². The first kappa shape index (κ1) is 15.9. The van der Waals surface area contributed by atoms with E-state index in [9.17, 15) is 9.59 Å². The van der Waals surface area contributed by atoms with Gasteiger partial charge in [-0.2, -0.15) is 11.8 Å². The van der Waals surface area contributed by atoms with E-state index in [-0.39, 0.29) is 17.7 Å². The molecule has 4 nitrogen and oxygen atoms in total. The number of benzene rings is 1. The normalized spacial score (nSPS) is 17.6. The van der Waals surface area contributed by atoms with Crippen LogP contribution in [0.3, 0.4) is 0 Å².